The molecule has 0 aliphatic rings. The molecule has 1 aromatic carbocycles. The summed E-state index contributed by atoms with van der Waals surface area (Å²) in [5.41, 5.74) is 0.834. The van der Waals surface area contributed by atoms with Crippen LogP contribution < -0.4 is 10.6 Å². The van der Waals surface area contributed by atoms with Crippen molar-refractivity contribution in [2.24, 2.45) is 0 Å². The van der Waals surface area contributed by atoms with Gasteiger partial charge in [0, 0.05) is 22.6 Å². The fraction of sp³-hybridized carbons (Fsp3) is 0.462. The van der Waals surface area contributed by atoms with Gasteiger partial charge in [-0.25, -0.2) is 0 Å². The van der Waals surface area contributed by atoms with E-state index in [0.717, 1.165) is 23.1 Å². The molecule has 0 saturated heterocycles. The lowest BCUT2D eigenvalue weighted by molar-refractivity contribution is -0.116. The third-order valence-electron chi connectivity index (χ3n) is 2.36. The molecule has 0 spiro atoms. The van der Waals surface area contributed by atoms with Gasteiger partial charge in [0.2, 0.25) is 5.91 Å². The van der Waals surface area contributed by atoms with Crippen molar-refractivity contribution in [3.05, 3.63) is 28.7 Å². The van der Waals surface area contributed by atoms with Crippen LogP contribution in [0.25, 0.3) is 0 Å². The van der Waals surface area contributed by atoms with Gasteiger partial charge in [-0.2, -0.15) is 0 Å². The Labute approximate surface area is 111 Å². The van der Waals surface area contributed by atoms with Crippen molar-refractivity contribution in [2.75, 3.05) is 11.9 Å². The minimum absolute atomic E-state index is 0.0448. The van der Waals surface area contributed by atoms with E-state index in [1.165, 1.54) is 0 Å². The first kappa shape index (κ1) is 14.2. The number of rotatable bonds is 6. The molecule has 0 aromatic heterocycles. The Morgan fingerprint density at radius 3 is 2.59 bits per heavy atom. The number of carbonyl (C=O) groups is 1. The van der Waals surface area contributed by atoms with Gasteiger partial charge in [-0.05, 0) is 44.2 Å². The first-order valence-electron chi connectivity index (χ1n) is 5.90. The van der Waals surface area contributed by atoms with Gasteiger partial charge in [-0.1, -0.05) is 22.9 Å². The van der Waals surface area contributed by atoms with E-state index in [2.05, 4.69) is 33.5 Å². The molecule has 4 heteroatoms. The number of hydrogen-bond acceptors (Lipinski definition) is 2. The third kappa shape index (κ3) is 5.84. The summed E-state index contributed by atoms with van der Waals surface area (Å²) in [6.45, 7) is 5.09. The molecule has 2 N–H and O–H groups in total. The minimum Gasteiger partial charge on any atom is -0.326 e. The monoisotopic (exact) mass is 298 g/mol. The molecule has 0 saturated carbocycles. The summed E-state index contributed by atoms with van der Waals surface area (Å²) < 4.78 is 1.01. The van der Waals surface area contributed by atoms with Crippen LogP contribution >= 0.6 is 15.9 Å². The Hall–Kier alpha value is -0.870. The molecular weight excluding hydrogens is 280 g/mol. The van der Waals surface area contributed by atoms with E-state index in [1.54, 1.807) is 0 Å². The molecule has 0 radical (unpaired) electrons. The molecule has 17 heavy (non-hydrogen) atoms. The third-order valence-corrected chi connectivity index (χ3v) is 2.89. The molecule has 1 rings (SSSR count). The SMILES string of the molecule is CCCNC(C)CC(=O)Nc1ccc(Br)cc1. The number of amides is 1. The van der Waals surface area contributed by atoms with E-state index in [9.17, 15) is 4.79 Å². The predicted octanol–water partition coefficient (Wildman–Crippen LogP) is 3.17. The van der Waals surface area contributed by atoms with Gasteiger partial charge >= 0.3 is 0 Å². The highest BCUT2D eigenvalue weighted by molar-refractivity contribution is 9.10. The summed E-state index contributed by atoms with van der Waals surface area (Å²) in [5.74, 6) is 0.0448. The first-order chi connectivity index (χ1) is 8.11. The zero-order valence-corrected chi connectivity index (χ0v) is 11.9. The standard InChI is InChI=1S/C13H19BrN2O/c1-3-8-15-10(2)9-13(17)16-12-6-4-11(14)5-7-12/h4-7,10,15H,3,8-9H2,1-2H3,(H,16,17). The number of carbonyl (C=O) groups excluding carboxylic acids is 1. The maximum atomic E-state index is 11.7. The Morgan fingerprint density at radius 2 is 2.00 bits per heavy atom. The fourth-order valence-electron chi connectivity index (χ4n) is 1.49. The molecular formula is C13H19BrN2O. The van der Waals surface area contributed by atoms with Crippen LogP contribution in [0, 0.1) is 0 Å². The summed E-state index contributed by atoms with van der Waals surface area (Å²) in [7, 11) is 0. The van der Waals surface area contributed by atoms with Crippen LogP contribution in [-0.2, 0) is 4.79 Å². The topological polar surface area (TPSA) is 41.1 Å². The Morgan fingerprint density at radius 1 is 1.35 bits per heavy atom. The van der Waals surface area contributed by atoms with Crippen molar-refractivity contribution in [1.29, 1.82) is 0 Å². The van der Waals surface area contributed by atoms with Crippen molar-refractivity contribution < 1.29 is 4.79 Å². The van der Waals surface area contributed by atoms with E-state index < -0.39 is 0 Å². The van der Waals surface area contributed by atoms with Crippen LogP contribution in [0.15, 0.2) is 28.7 Å². The van der Waals surface area contributed by atoms with Gasteiger partial charge < -0.3 is 10.6 Å². The highest BCUT2D eigenvalue weighted by Crippen LogP contribution is 2.14. The summed E-state index contributed by atoms with van der Waals surface area (Å²) in [6, 6.07) is 7.80. The lowest BCUT2D eigenvalue weighted by atomic mass is 10.2. The molecule has 0 aliphatic carbocycles. The molecule has 0 heterocycles. The molecule has 1 unspecified atom stereocenters. The van der Waals surface area contributed by atoms with Crippen molar-refractivity contribution >= 4 is 27.5 Å². The van der Waals surface area contributed by atoms with E-state index in [4.69, 9.17) is 0 Å². The second-order valence-corrected chi connectivity index (χ2v) is 5.03. The molecule has 1 amide bonds. The zero-order valence-electron chi connectivity index (χ0n) is 10.3. The van der Waals surface area contributed by atoms with Crippen molar-refractivity contribution in [2.45, 2.75) is 32.7 Å². The van der Waals surface area contributed by atoms with E-state index >= 15 is 0 Å². The smallest absolute Gasteiger partial charge is 0.225 e. The average Bonchev–Trinajstić information content (AvgIpc) is 2.29. The Kier molecular flexibility index (Phi) is 6.22. The fourth-order valence-corrected chi connectivity index (χ4v) is 1.75. The zero-order chi connectivity index (χ0) is 12.7. The van der Waals surface area contributed by atoms with Crippen LogP contribution in [0.2, 0.25) is 0 Å². The molecule has 0 bridgehead atoms. The lowest BCUT2D eigenvalue weighted by Crippen LogP contribution is -2.31. The number of benzene rings is 1. The summed E-state index contributed by atoms with van der Waals surface area (Å²) in [5, 5.41) is 6.17. The number of halogens is 1. The van der Waals surface area contributed by atoms with Crippen LogP contribution in [0.4, 0.5) is 5.69 Å². The van der Waals surface area contributed by atoms with Crippen molar-refractivity contribution in [3.63, 3.8) is 0 Å². The van der Waals surface area contributed by atoms with Gasteiger partial charge in [-0.15, -0.1) is 0 Å². The van der Waals surface area contributed by atoms with E-state index in [0.29, 0.717) is 6.42 Å². The molecule has 1 atom stereocenters. The maximum absolute atomic E-state index is 11.7. The van der Waals surface area contributed by atoms with Crippen LogP contribution in [0.5, 0.6) is 0 Å². The second-order valence-electron chi connectivity index (χ2n) is 4.11. The molecule has 1 aromatic rings. The first-order valence-corrected chi connectivity index (χ1v) is 6.70. The number of hydrogen-bond donors (Lipinski definition) is 2. The van der Waals surface area contributed by atoms with Crippen LogP contribution in [0.3, 0.4) is 0 Å². The highest BCUT2D eigenvalue weighted by atomic mass is 79.9. The molecule has 3 nitrogen and oxygen atoms in total. The van der Waals surface area contributed by atoms with E-state index in [1.807, 2.05) is 31.2 Å². The molecule has 94 valence electrons. The van der Waals surface area contributed by atoms with Gasteiger partial charge in [0.05, 0.1) is 0 Å². The van der Waals surface area contributed by atoms with Crippen LogP contribution in [0.1, 0.15) is 26.7 Å². The largest absolute Gasteiger partial charge is 0.326 e. The van der Waals surface area contributed by atoms with Gasteiger partial charge in [0.1, 0.15) is 0 Å². The van der Waals surface area contributed by atoms with Crippen molar-refractivity contribution in [1.82, 2.24) is 5.32 Å². The minimum atomic E-state index is 0.0448. The summed E-state index contributed by atoms with van der Waals surface area (Å²) in [6.07, 6.45) is 1.58. The Balaban J connectivity index is 2.36. The molecule has 0 aliphatic heterocycles. The second kappa shape index (κ2) is 7.45. The quantitative estimate of drug-likeness (QED) is 0.847. The predicted molar refractivity (Wildman–Crippen MR) is 75.1 cm³/mol. The maximum Gasteiger partial charge on any atom is 0.225 e. The normalized spacial score (nSPS) is 12.2. The van der Waals surface area contributed by atoms with Gasteiger partial charge in [0.25, 0.3) is 0 Å². The van der Waals surface area contributed by atoms with Crippen molar-refractivity contribution in [3.8, 4) is 0 Å². The average molecular weight is 299 g/mol. The van der Waals surface area contributed by atoms with Gasteiger partial charge in [-0.3, -0.25) is 4.79 Å². The van der Waals surface area contributed by atoms with Crippen LogP contribution in [-0.4, -0.2) is 18.5 Å². The summed E-state index contributed by atoms with van der Waals surface area (Å²) in [4.78, 5) is 11.7. The lowest BCUT2D eigenvalue weighted by Gasteiger charge is -2.13. The number of nitrogens with one attached hydrogen (secondary N) is 2. The number of anilines is 1. The van der Waals surface area contributed by atoms with E-state index in [-0.39, 0.29) is 11.9 Å². The van der Waals surface area contributed by atoms with Gasteiger partial charge in [0.15, 0.2) is 0 Å². The Bertz CT molecular complexity index is 351. The summed E-state index contributed by atoms with van der Waals surface area (Å²) >= 11 is 3.36. The molecule has 0 fully saturated rings. The highest BCUT2D eigenvalue weighted by Gasteiger charge is 2.08.